The Morgan fingerprint density at radius 2 is 2.03 bits per heavy atom. The minimum atomic E-state index is -1.12. The molecule has 0 fully saturated rings. The molecule has 156 valence electrons. The van der Waals surface area contributed by atoms with Crippen molar-refractivity contribution in [1.82, 2.24) is 29.1 Å². The first kappa shape index (κ1) is 20.6. The number of ether oxygens (including phenoxy) is 1. The zero-order valence-corrected chi connectivity index (χ0v) is 19.6. The molecule has 30 heavy (non-hydrogen) atoms. The van der Waals surface area contributed by atoms with Crippen LogP contribution >= 0.6 is 11.3 Å². The number of fused-ring (bicyclic) bond motifs is 1. The summed E-state index contributed by atoms with van der Waals surface area (Å²) in [6.07, 6.45) is 7.69. The summed E-state index contributed by atoms with van der Waals surface area (Å²) in [6.45, 7) is 10.3. The van der Waals surface area contributed by atoms with Crippen molar-refractivity contribution >= 4 is 37.2 Å². The van der Waals surface area contributed by atoms with Gasteiger partial charge >= 0.3 is 0 Å². The highest BCUT2D eigenvalue weighted by Gasteiger charge is 2.13. The molecule has 0 radical (unpaired) electrons. The number of hydrogen-bond acceptors (Lipinski definition) is 6. The Hall–Kier alpha value is -2.62. The summed E-state index contributed by atoms with van der Waals surface area (Å²) < 4.78 is 9.83. The molecule has 0 aromatic carbocycles. The molecule has 4 rings (SSSR count). The lowest BCUT2D eigenvalue weighted by Gasteiger charge is -2.15. The van der Waals surface area contributed by atoms with Crippen LogP contribution in [0.1, 0.15) is 17.3 Å². The highest BCUT2D eigenvalue weighted by molar-refractivity contribution is 7.13. The lowest BCUT2D eigenvalue weighted by Crippen LogP contribution is -2.22. The third-order valence-electron chi connectivity index (χ3n) is 4.67. The van der Waals surface area contributed by atoms with Crippen LogP contribution in [0, 0.1) is 6.92 Å². The van der Waals surface area contributed by atoms with Crippen LogP contribution in [0.15, 0.2) is 36.1 Å². The van der Waals surface area contributed by atoms with Crippen molar-refractivity contribution in [2.24, 2.45) is 0 Å². The fourth-order valence-corrected chi connectivity index (χ4v) is 4.27. The van der Waals surface area contributed by atoms with Crippen molar-refractivity contribution in [2.45, 2.75) is 39.3 Å². The molecule has 9 heteroatoms. The maximum absolute atomic E-state index is 5.96. The van der Waals surface area contributed by atoms with E-state index in [-0.39, 0.29) is 0 Å². The van der Waals surface area contributed by atoms with Gasteiger partial charge < -0.3 is 9.30 Å². The van der Waals surface area contributed by atoms with E-state index in [9.17, 15) is 0 Å². The smallest absolute Gasteiger partial charge is 0.175 e. The van der Waals surface area contributed by atoms with Gasteiger partial charge in [-0.15, -0.1) is 16.4 Å². The largest absolute Gasteiger partial charge is 0.361 e. The second kappa shape index (κ2) is 8.63. The van der Waals surface area contributed by atoms with E-state index < -0.39 is 8.07 Å². The number of imidazole rings is 1. The molecule has 0 aliphatic carbocycles. The molecular weight excluding hydrogens is 412 g/mol. The van der Waals surface area contributed by atoms with Crippen LogP contribution in [-0.2, 0) is 11.5 Å². The fraction of sp³-hybridized carbons (Fsp3) is 0.333. The minimum absolute atomic E-state index is 0.466. The standard InChI is InChI=1S/C21H26N6OSSi/c1-16-6-5-7-21-24-19(25-27(16)21)8-9-20-23-17(18-12-22-14-29-18)13-26(20)15-28-10-11-30(2,3)4/h5-9,12-14H,10-11,15H2,1-4H3. The van der Waals surface area contributed by atoms with Gasteiger partial charge in [0.1, 0.15) is 18.2 Å². The molecule has 0 aliphatic rings. The minimum Gasteiger partial charge on any atom is -0.361 e. The summed E-state index contributed by atoms with van der Waals surface area (Å²) in [5, 5.41) is 4.56. The first-order valence-corrected chi connectivity index (χ1v) is 14.5. The summed E-state index contributed by atoms with van der Waals surface area (Å²) in [7, 11) is -1.12. The van der Waals surface area contributed by atoms with E-state index in [1.807, 2.05) is 64.3 Å². The molecule has 0 bridgehead atoms. The predicted molar refractivity (Wildman–Crippen MR) is 124 cm³/mol. The summed E-state index contributed by atoms with van der Waals surface area (Å²) in [4.78, 5) is 14.6. The van der Waals surface area contributed by atoms with E-state index in [1.54, 1.807) is 11.3 Å². The van der Waals surface area contributed by atoms with E-state index in [1.165, 1.54) is 0 Å². The lowest BCUT2D eigenvalue weighted by molar-refractivity contribution is 0.0867. The van der Waals surface area contributed by atoms with Crippen LogP contribution in [0.3, 0.4) is 0 Å². The Bertz CT molecular complexity index is 1160. The van der Waals surface area contributed by atoms with Crippen molar-refractivity contribution in [3.05, 3.63) is 53.4 Å². The molecular formula is C21H26N6OSSi. The Morgan fingerprint density at radius 1 is 1.17 bits per heavy atom. The summed E-state index contributed by atoms with van der Waals surface area (Å²) >= 11 is 1.57. The van der Waals surface area contributed by atoms with Crippen molar-refractivity contribution in [2.75, 3.05) is 6.61 Å². The lowest BCUT2D eigenvalue weighted by atomic mass is 10.4. The summed E-state index contributed by atoms with van der Waals surface area (Å²) in [5.41, 5.74) is 4.59. The highest BCUT2D eigenvalue weighted by Crippen LogP contribution is 2.23. The van der Waals surface area contributed by atoms with Crippen molar-refractivity contribution in [1.29, 1.82) is 0 Å². The van der Waals surface area contributed by atoms with E-state index in [0.29, 0.717) is 12.6 Å². The molecule has 0 amide bonds. The van der Waals surface area contributed by atoms with Gasteiger partial charge in [-0.2, -0.15) is 0 Å². The Kier molecular flexibility index (Phi) is 5.93. The van der Waals surface area contributed by atoms with E-state index in [2.05, 4.69) is 34.7 Å². The van der Waals surface area contributed by atoms with Gasteiger partial charge in [0, 0.05) is 32.8 Å². The molecule has 0 N–H and O–H groups in total. The number of aromatic nitrogens is 6. The molecule has 0 unspecified atom stereocenters. The first-order chi connectivity index (χ1) is 14.4. The first-order valence-electron chi connectivity index (χ1n) is 9.93. The van der Waals surface area contributed by atoms with Gasteiger partial charge in [-0.1, -0.05) is 25.7 Å². The van der Waals surface area contributed by atoms with Crippen molar-refractivity contribution < 1.29 is 4.74 Å². The second-order valence-corrected chi connectivity index (χ2v) is 14.9. The molecule has 4 aromatic heterocycles. The SMILES string of the molecule is Cc1cccc2nc(C=Cc3nc(-c4cncs4)cn3COCC[Si](C)(C)C)nn12. The predicted octanol–water partition coefficient (Wildman–Crippen LogP) is 4.84. The average Bonchev–Trinajstić information content (AvgIpc) is 3.42. The molecule has 4 aromatic rings. The number of thiazole rings is 1. The van der Waals surface area contributed by atoms with Gasteiger partial charge in [0.15, 0.2) is 11.5 Å². The van der Waals surface area contributed by atoms with E-state index in [0.717, 1.165) is 40.4 Å². The zero-order chi connectivity index (χ0) is 21.1. The molecule has 0 aliphatic heterocycles. The average molecular weight is 439 g/mol. The van der Waals surface area contributed by atoms with Gasteiger partial charge in [-0.3, -0.25) is 4.98 Å². The molecule has 0 saturated carbocycles. The molecule has 0 spiro atoms. The van der Waals surface area contributed by atoms with Gasteiger partial charge in [0.2, 0.25) is 0 Å². The Balaban J connectivity index is 1.56. The number of aryl methyl sites for hydroxylation is 1. The number of pyridine rings is 1. The Morgan fingerprint density at radius 3 is 2.77 bits per heavy atom. The monoisotopic (exact) mass is 438 g/mol. The molecule has 0 atom stereocenters. The summed E-state index contributed by atoms with van der Waals surface area (Å²) in [6, 6.07) is 7.09. The van der Waals surface area contributed by atoms with Gasteiger partial charge in [-0.25, -0.2) is 14.5 Å². The normalized spacial score (nSPS) is 12.4. The van der Waals surface area contributed by atoms with Crippen LogP contribution in [-0.4, -0.2) is 43.8 Å². The van der Waals surface area contributed by atoms with Crippen LogP contribution in [0.2, 0.25) is 25.7 Å². The van der Waals surface area contributed by atoms with Crippen LogP contribution in [0.5, 0.6) is 0 Å². The summed E-state index contributed by atoms with van der Waals surface area (Å²) in [5.74, 6) is 1.46. The molecule has 0 saturated heterocycles. The number of nitrogens with zero attached hydrogens (tertiary/aromatic N) is 6. The van der Waals surface area contributed by atoms with Crippen molar-refractivity contribution in [3.63, 3.8) is 0 Å². The van der Waals surface area contributed by atoms with E-state index >= 15 is 0 Å². The fourth-order valence-electron chi connectivity index (χ4n) is 2.94. The van der Waals surface area contributed by atoms with Gasteiger partial charge in [0.25, 0.3) is 0 Å². The highest BCUT2D eigenvalue weighted by atomic mass is 32.1. The second-order valence-electron chi connectivity index (χ2n) is 8.41. The molecule has 7 nitrogen and oxygen atoms in total. The zero-order valence-electron chi connectivity index (χ0n) is 17.7. The number of hydrogen-bond donors (Lipinski definition) is 0. The third kappa shape index (κ3) is 4.92. The van der Waals surface area contributed by atoms with Crippen LogP contribution in [0.4, 0.5) is 0 Å². The molecule has 4 heterocycles. The van der Waals surface area contributed by atoms with Crippen LogP contribution < -0.4 is 0 Å². The Labute approximate surface area is 181 Å². The quantitative estimate of drug-likeness (QED) is 0.291. The van der Waals surface area contributed by atoms with Crippen LogP contribution in [0.25, 0.3) is 28.4 Å². The van der Waals surface area contributed by atoms with Gasteiger partial charge in [0.05, 0.1) is 10.4 Å². The third-order valence-corrected chi connectivity index (χ3v) is 7.17. The number of rotatable bonds is 8. The maximum atomic E-state index is 5.96. The van der Waals surface area contributed by atoms with Crippen molar-refractivity contribution in [3.8, 4) is 10.6 Å². The topological polar surface area (TPSA) is 70.1 Å². The maximum Gasteiger partial charge on any atom is 0.175 e. The van der Waals surface area contributed by atoms with Gasteiger partial charge in [-0.05, 0) is 37.3 Å². The van der Waals surface area contributed by atoms with E-state index in [4.69, 9.17) is 9.72 Å².